The lowest BCUT2D eigenvalue weighted by Crippen LogP contribution is -2.59. The monoisotopic (exact) mass is 623 g/mol. The number of hydrogen-bond acceptors (Lipinski definition) is 8. The fourth-order valence-electron chi connectivity index (χ4n) is 5.68. The van der Waals surface area contributed by atoms with Gasteiger partial charge in [-0.25, -0.2) is 9.79 Å². The van der Waals surface area contributed by atoms with Crippen molar-refractivity contribution < 1.29 is 23.9 Å². The van der Waals surface area contributed by atoms with Gasteiger partial charge in [0.05, 0.1) is 43.1 Å². The van der Waals surface area contributed by atoms with Crippen molar-refractivity contribution in [1.29, 1.82) is 0 Å². The first-order valence-corrected chi connectivity index (χ1v) is 15.9. The van der Waals surface area contributed by atoms with E-state index in [1.54, 1.807) is 27.8 Å². The first-order valence-electron chi connectivity index (χ1n) is 15.9. The van der Waals surface area contributed by atoms with Crippen molar-refractivity contribution in [2.45, 2.75) is 66.2 Å². The first kappa shape index (κ1) is 34.0. The van der Waals surface area contributed by atoms with Crippen LogP contribution in [0.3, 0.4) is 0 Å². The number of carbonyl (C=O) groups excluding carboxylic acids is 3. The Morgan fingerprint density at radius 3 is 2.51 bits per heavy atom. The van der Waals surface area contributed by atoms with Crippen molar-refractivity contribution in [2.24, 2.45) is 16.8 Å². The fourth-order valence-corrected chi connectivity index (χ4v) is 5.68. The maximum absolute atomic E-state index is 14.2. The minimum Gasteiger partial charge on any atom is -0.444 e. The van der Waals surface area contributed by atoms with Gasteiger partial charge in [-0.2, -0.15) is 5.10 Å². The molecule has 0 saturated carbocycles. The molecule has 3 amide bonds. The van der Waals surface area contributed by atoms with Crippen molar-refractivity contribution in [3.8, 4) is 0 Å². The molecule has 2 fully saturated rings. The van der Waals surface area contributed by atoms with E-state index >= 15 is 0 Å². The van der Waals surface area contributed by atoms with E-state index in [2.05, 4.69) is 24.3 Å². The van der Waals surface area contributed by atoms with Crippen LogP contribution in [-0.4, -0.2) is 112 Å². The molecule has 2 aromatic rings. The molecule has 0 bridgehead atoms. The van der Waals surface area contributed by atoms with Gasteiger partial charge in [0.15, 0.2) is 0 Å². The average Bonchev–Trinajstić information content (AvgIpc) is 3.53. The zero-order valence-electron chi connectivity index (χ0n) is 27.6. The standard InChI is InChI=1S/C33H49N7O5/c1-24(2)21-40(30(41)25(3)36-29-11-8-7-10-28(29)34-13-15-39-14-9-12-35-39)27-20-26(31(42)37-16-18-44-19-17-37)22-38(23-27)32(43)45-33(4,5)6/h7-12,14,24,26-27,34H,13,15-23H2,1-6H3/t26-,27?/m1/s1. The molecule has 2 saturated heterocycles. The quantitative estimate of drug-likeness (QED) is 0.396. The molecule has 0 aliphatic carbocycles. The highest BCUT2D eigenvalue weighted by molar-refractivity contribution is 6.38. The lowest BCUT2D eigenvalue weighted by atomic mass is 9.91. The maximum Gasteiger partial charge on any atom is 0.410 e. The van der Waals surface area contributed by atoms with Crippen LogP contribution in [0.15, 0.2) is 47.7 Å². The number of para-hydroxylation sites is 2. The Kier molecular flexibility index (Phi) is 11.6. The average molecular weight is 624 g/mol. The van der Waals surface area contributed by atoms with Gasteiger partial charge >= 0.3 is 6.09 Å². The van der Waals surface area contributed by atoms with Crippen LogP contribution in [0, 0.1) is 11.8 Å². The van der Waals surface area contributed by atoms with Gasteiger partial charge < -0.3 is 29.5 Å². The van der Waals surface area contributed by atoms with E-state index in [-0.39, 0.29) is 36.9 Å². The van der Waals surface area contributed by atoms with Gasteiger partial charge in [0.25, 0.3) is 5.91 Å². The molecule has 1 aromatic carbocycles. The second kappa shape index (κ2) is 15.4. The van der Waals surface area contributed by atoms with E-state index in [0.29, 0.717) is 63.8 Å². The Hall–Kier alpha value is -3.93. The maximum atomic E-state index is 14.2. The van der Waals surface area contributed by atoms with Crippen LogP contribution in [0.1, 0.15) is 48.0 Å². The number of aromatic nitrogens is 2. The van der Waals surface area contributed by atoms with E-state index in [9.17, 15) is 14.4 Å². The summed E-state index contributed by atoms with van der Waals surface area (Å²) in [5.74, 6) is -0.547. The number of morpholine rings is 1. The number of aliphatic imine (C=N–C) groups is 1. The Morgan fingerprint density at radius 2 is 1.84 bits per heavy atom. The molecule has 12 nitrogen and oxygen atoms in total. The highest BCUT2D eigenvalue weighted by atomic mass is 16.6. The summed E-state index contributed by atoms with van der Waals surface area (Å²) in [7, 11) is 0. The number of ether oxygens (including phenoxy) is 2. The molecule has 2 aliphatic heterocycles. The van der Waals surface area contributed by atoms with E-state index in [1.165, 1.54) is 0 Å². The van der Waals surface area contributed by atoms with Gasteiger partial charge in [-0.3, -0.25) is 14.3 Å². The number of nitrogens with zero attached hydrogens (tertiary/aromatic N) is 6. The molecular weight excluding hydrogens is 574 g/mol. The summed E-state index contributed by atoms with van der Waals surface area (Å²) in [4.78, 5) is 51.1. The first-order chi connectivity index (χ1) is 21.4. The molecule has 0 radical (unpaired) electrons. The highest BCUT2D eigenvalue weighted by Gasteiger charge is 2.41. The second-order valence-electron chi connectivity index (χ2n) is 13.2. The largest absolute Gasteiger partial charge is 0.444 e. The lowest BCUT2D eigenvalue weighted by Gasteiger charge is -2.44. The summed E-state index contributed by atoms with van der Waals surface area (Å²) in [6, 6.07) is 9.13. The van der Waals surface area contributed by atoms with E-state index < -0.39 is 17.6 Å². The third-order valence-electron chi connectivity index (χ3n) is 7.73. The van der Waals surface area contributed by atoms with Crippen LogP contribution in [-0.2, 0) is 25.6 Å². The minimum absolute atomic E-state index is 0.0194. The Bertz CT molecular complexity index is 1310. The number of piperidine rings is 1. The number of nitrogens with one attached hydrogen (secondary N) is 1. The van der Waals surface area contributed by atoms with Crippen molar-refractivity contribution in [1.82, 2.24) is 24.5 Å². The molecular formula is C33H49N7O5. The Labute approximate surface area is 266 Å². The number of anilines is 1. The second-order valence-corrected chi connectivity index (χ2v) is 13.2. The summed E-state index contributed by atoms with van der Waals surface area (Å²) in [5.41, 5.74) is 1.12. The third kappa shape index (κ3) is 9.78. The normalized spacial score (nSPS) is 19.4. The summed E-state index contributed by atoms with van der Waals surface area (Å²) >= 11 is 0. The number of hydrogen-bond donors (Lipinski definition) is 1. The van der Waals surface area contributed by atoms with Gasteiger partial charge in [0.2, 0.25) is 5.91 Å². The van der Waals surface area contributed by atoms with E-state index in [1.807, 2.05) is 62.0 Å². The van der Waals surface area contributed by atoms with Crippen molar-refractivity contribution in [3.05, 3.63) is 42.7 Å². The predicted molar refractivity (Wildman–Crippen MR) is 174 cm³/mol. The van der Waals surface area contributed by atoms with E-state index in [0.717, 1.165) is 5.69 Å². The highest BCUT2D eigenvalue weighted by Crippen LogP contribution is 2.28. The van der Waals surface area contributed by atoms with Crippen molar-refractivity contribution >= 4 is 35.0 Å². The zero-order valence-corrected chi connectivity index (χ0v) is 27.6. The molecule has 2 aliphatic rings. The number of amides is 3. The van der Waals surface area contributed by atoms with Gasteiger partial charge in [-0.05, 0) is 58.2 Å². The molecule has 1 unspecified atom stereocenters. The summed E-state index contributed by atoms with van der Waals surface area (Å²) in [6.07, 6.45) is 3.62. The molecule has 0 spiro atoms. The predicted octanol–water partition coefficient (Wildman–Crippen LogP) is 4.06. The zero-order chi connectivity index (χ0) is 32.6. The van der Waals surface area contributed by atoms with Crippen LogP contribution in [0.25, 0.3) is 0 Å². The number of rotatable bonds is 10. The smallest absolute Gasteiger partial charge is 0.410 e. The number of carbonyl (C=O) groups is 3. The van der Waals surface area contributed by atoms with Gasteiger partial charge in [-0.15, -0.1) is 0 Å². The van der Waals surface area contributed by atoms with Gasteiger partial charge in [-0.1, -0.05) is 26.0 Å². The van der Waals surface area contributed by atoms with Crippen molar-refractivity contribution in [2.75, 3.05) is 57.8 Å². The molecule has 1 aromatic heterocycles. The Balaban J connectivity index is 1.57. The summed E-state index contributed by atoms with van der Waals surface area (Å²) in [5, 5.41) is 7.65. The molecule has 4 rings (SSSR count). The van der Waals surface area contributed by atoms with Gasteiger partial charge in [0.1, 0.15) is 11.3 Å². The minimum atomic E-state index is -0.690. The third-order valence-corrected chi connectivity index (χ3v) is 7.73. The molecule has 12 heteroatoms. The number of benzene rings is 1. The number of likely N-dealkylation sites (tertiary alicyclic amines) is 1. The summed E-state index contributed by atoms with van der Waals surface area (Å²) in [6.45, 7) is 15.6. The van der Waals surface area contributed by atoms with Gasteiger partial charge in [0, 0.05) is 51.7 Å². The van der Waals surface area contributed by atoms with Crippen LogP contribution >= 0.6 is 0 Å². The molecule has 3 heterocycles. The fraction of sp³-hybridized carbons (Fsp3) is 0.606. The van der Waals surface area contributed by atoms with Crippen LogP contribution in [0.5, 0.6) is 0 Å². The van der Waals surface area contributed by atoms with E-state index in [4.69, 9.17) is 14.5 Å². The van der Waals surface area contributed by atoms with Crippen molar-refractivity contribution in [3.63, 3.8) is 0 Å². The Morgan fingerprint density at radius 1 is 1.11 bits per heavy atom. The van der Waals surface area contributed by atoms with Crippen LogP contribution in [0.2, 0.25) is 0 Å². The topological polar surface area (TPSA) is 122 Å². The molecule has 45 heavy (non-hydrogen) atoms. The van der Waals surface area contributed by atoms with Crippen LogP contribution < -0.4 is 5.32 Å². The lowest BCUT2D eigenvalue weighted by molar-refractivity contribution is -0.144. The SMILES string of the molecule is CC(=Nc1ccccc1NCCn1cccn1)C(=O)N(CC(C)C)C1C[C@@H](C(=O)N2CCOCC2)CN(C(=O)OC(C)(C)C)C1. The summed E-state index contributed by atoms with van der Waals surface area (Å²) < 4.78 is 13.0. The molecule has 2 atom stereocenters. The molecule has 246 valence electrons. The molecule has 1 N–H and O–H groups in total. The van der Waals surface area contributed by atoms with Crippen LogP contribution in [0.4, 0.5) is 16.2 Å².